The van der Waals surface area contributed by atoms with E-state index in [1.165, 1.54) is 5.56 Å². The van der Waals surface area contributed by atoms with Crippen LogP contribution in [-0.4, -0.2) is 55.5 Å². The number of anilines is 1. The molecule has 4 nitrogen and oxygen atoms in total. The Kier molecular flexibility index (Phi) is 5.41. The molecule has 1 saturated heterocycles. The molecule has 1 fully saturated rings. The molecule has 0 bridgehead atoms. The van der Waals surface area contributed by atoms with Gasteiger partial charge in [-0.2, -0.15) is 0 Å². The number of likely N-dealkylation sites (N-methyl/N-ethyl adjacent to an activating group) is 1. The van der Waals surface area contributed by atoms with Crippen LogP contribution in [0, 0.1) is 0 Å². The molecule has 1 aromatic rings. The van der Waals surface area contributed by atoms with Gasteiger partial charge in [0.25, 0.3) is 0 Å². The molecule has 1 heterocycles. The van der Waals surface area contributed by atoms with Crippen molar-refractivity contribution in [1.29, 1.82) is 0 Å². The number of piperazine rings is 1. The number of hydrogen-bond acceptors (Lipinski definition) is 3. The highest BCUT2D eigenvalue weighted by atomic mass is 16.2. The van der Waals surface area contributed by atoms with Crippen molar-refractivity contribution in [1.82, 2.24) is 9.80 Å². The summed E-state index contributed by atoms with van der Waals surface area (Å²) in [6.45, 7) is 6.55. The summed E-state index contributed by atoms with van der Waals surface area (Å²) in [4.78, 5) is 16.4. The Balaban J connectivity index is 1.76. The molecule has 0 saturated carbocycles. The lowest BCUT2D eigenvalue weighted by molar-refractivity contribution is -0.132. The second-order valence-electron chi connectivity index (χ2n) is 5.37. The molecule has 0 unspecified atom stereocenters. The summed E-state index contributed by atoms with van der Waals surface area (Å²) >= 11 is 0. The smallest absolute Gasteiger partial charge is 0.224 e. The number of aryl methyl sites for hydroxylation is 1. The molecule has 4 heteroatoms. The predicted octanol–water partition coefficient (Wildman–Crippen LogP) is 1.82. The van der Waals surface area contributed by atoms with Crippen LogP contribution in [0.1, 0.15) is 18.9 Å². The molecule has 1 N–H and O–H groups in total. The molecule has 0 radical (unpaired) electrons. The molecule has 1 amide bonds. The van der Waals surface area contributed by atoms with Gasteiger partial charge in [-0.3, -0.25) is 4.79 Å². The molecule has 1 aromatic carbocycles. The number of carbonyl (C=O) groups is 1. The van der Waals surface area contributed by atoms with Crippen molar-refractivity contribution in [3.8, 4) is 0 Å². The zero-order valence-electron chi connectivity index (χ0n) is 12.6. The zero-order chi connectivity index (χ0) is 14.4. The van der Waals surface area contributed by atoms with Crippen LogP contribution in [0.3, 0.4) is 0 Å². The van der Waals surface area contributed by atoms with Gasteiger partial charge in [-0.25, -0.2) is 0 Å². The van der Waals surface area contributed by atoms with Gasteiger partial charge in [0.15, 0.2) is 0 Å². The van der Waals surface area contributed by atoms with Crippen molar-refractivity contribution >= 4 is 11.6 Å². The van der Waals surface area contributed by atoms with E-state index in [0.717, 1.165) is 38.3 Å². The first kappa shape index (κ1) is 14.9. The molecular weight excluding hydrogens is 250 g/mol. The van der Waals surface area contributed by atoms with Crippen molar-refractivity contribution in [2.24, 2.45) is 0 Å². The van der Waals surface area contributed by atoms with Gasteiger partial charge in [0.2, 0.25) is 5.91 Å². The first-order valence-corrected chi connectivity index (χ1v) is 7.48. The number of carbonyl (C=O) groups excluding carboxylic acids is 1. The third-order valence-electron chi connectivity index (χ3n) is 3.91. The number of amides is 1. The summed E-state index contributed by atoms with van der Waals surface area (Å²) in [5, 5.41) is 3.39. The van der Waals surface area contributed by atoms with E-state index in [9.17, 15) is 4.79 Å². The van der Waals surface area contributed by atoms with E-state index >= 15 is 0 Å². The molecule has 20 heavy (non-hydrogen) atoms. The molecule has 110 valence electrons. The van der Waals surface area contributed by atoms with E-state index < -0.39 is 0 Å². The molecule has 1 aliphatic rings. The summed E-state index contributed by atoms with van der Waals surface area (Å²) in [5.74, 6) is 0.263. The Morgan fingerprint density at radius 2 is 1.90 bits per heavy atom. The maximum Gasteiger partial charge on any atom is 0.224 e. The lowest BCUT2D eigenvalue weighted by atomic mass is 10.1. The number of benzene rings is 1. The van der Waals surface area contributed by atoms with Crippen molar-refractivity contribution in [3.05, 3.63) is 29.8 Å². The first-order valence-electron chi connectivity index (χ1n) is 7.48. The first-order chi connectivity index (χ1) is 9.70. The third kappa shape index (κ3) is 3.97. The minimum absolute atomic E-state index is 0.263. The van der Waals surface area contributed by atoms with Crippen molar-refractivity contribution < 1.29 is 4.79 Å². The summed E-state index contributed by atoms with van der Waals surface area (Å²) in [6.07, 6.45) is 1.58. The largest absolute Gasteiger partial charge is 0.384 e. The molecule has 0 spiro atoms. The number of nitrogens with one attached hydrogen (secondary N) is 1. The Bertz CT molecular complexity index is 439. The van der Waals surface area contributed by atoms with E-state index in [1.807, 2.05) is 11.0 Å². The Hall–Kier alpha value is -1.55. The van der Waals surface area contributed by atoms with Crippen molar-refractivity contribution in [3.63, 3.8) is 0 Å². The van der Waals surface area contributed by atoms with Crippen molar-refractivity contribution in [2.75, 3.05) is 45.1 Å². The van der Waals surface area contributed by atoms with E-state index in [-0.39, 0.29) is 5.91 Å². The molecule has 1 aliphatic heterocycles. The predicted molar refractivity (Wildman–Crippen MR) is 83.0 cm³/mol. The maximum absolute atomic E-state index is 12.1. The van der Waals surface area contributed by atoms with Gasteiger partial charge >= 0.3 is 0 Å². The lowest BCUT2D eigenvalue weighted by Crippen LogP contribution is -2.47. The van der Waals surface area contributed by atoms with Gasteiger partial charge < -0.3 is 15.1 Å². The highest BCUT2D eigenvalue weighted by molar-refractivity contribution is 5.77. The van der Waals surface area contributed by atoms with E-state index in [0.29, 0.717) is 13.0 Å². The van der Waals surface area contributed by atoms with E-state index in [2.05, 4.69) is 42.4 Å². The van der Waals surface area contributed by atoms with Crippen LogP contribution in [0.4, 0.5) is 5.69 Å². The summed E-state index contributed by atoms with van der Waals surface area (Å²) in [5.41, 5.74) is 2.46. The monoisotopic (exact) mass is 275 g/mol. The fourth-order valence-electron chi connectivity index (χ4n) is 2.52. The average Bonchev–Trinajstić information content (AvgIpc) is 2.48. The van der Waals surface area contributed by atoms with Crippen LogP contribution in [-0.2, 0) is 11.2 Å². The Morgan fingerprint density at radius 1 is 1.20 bits per heavy atom. The quantitative estimate of drug-likeness (QED) is 0.890. The highest BCUT2D eigenvalue weighted by Gasteiger charge is 2.18. The fraction of sp³-hybridized carbons (Fsp3) is 0.562. The Labute approximate surface area is 121 Å². The molecule has 0 aliphatic carbocycles. The normalized spacial score (nSPS) is 16.2. The van der Waals surface area contributed by atoms with Crippen molar-refractivity contribution in [2.45, 2.75) is 19.8 Å². The lowest BCUT2D eigenvalue weighted by Gasteiger charge is -2.32. The zero-order valence-corrected chi connectivity index (χ0v) is 12.6. The molecular formula is C16H25N3O. The minimum atomic E-state index is 0.263. The third-order valence-corrected chi connectivity index (χ3v) is 3.91. The van der Waals surface area contributed by atoms with Crippen LogP contribution in [0.15, 0.2) is 24.3 Å². The van der Waals surface area contributed by atoms with Crippen LogP contribution < -0.4 is 5.32 Å². The molecule has 0 atom stereocenters. The van der Waals surface area contributed by atoms with Crippen LogP contribution in [0.2, 0.25) is 0 Å². The van der Waals surface area contributed by atoms with Gasteiger partial charge in [0, 0.05) is 44.8 Å². The average molecular weight is 275 g/mol. The SMILES string of the molecule is CCc1ccccc1NCCC(=O)N1CCN(C)CC1. The van der Waals surface area contributed by atoms with Gasteiger partial charge in [0.05, 0.1) is 0 Å². The number of hydrogen-bond donors (Lipinski definition) is 1. The minimum Gasteiger partial charge on any atom is -0.384 e. The van der Waals surface area contributed by atoms with E-state index in [1.54, 1.807) is 0 Å². The fourth-order valence-corrected chi connectivity index (χ4v) is 2.52. The van der Waals surface area contributed by atoms with Crippen LogP contribution >= 0.6 is 0 Å². The standard InChI is InChI=1S/C16H25N3O/c1-3-14-6-4-5-7-15(14)17-9-8-16(20)19-12-10-18(2)11-13-19/h4-7,17H,3,8-13H2,1-2H3. The number of rotatable bonds is 5. The van der Waals surface area contributed by atoms with Gasteiger partial charge in [-0.1, -0.05) is 25.1 Å². The summed E-state index contributed by atoms with van der Waals surface area (Å²) in [6, 6.07) is 8.30. The Morgan fingerprint density at radius 3 is 2.60 bits per heavy atom. The summed E-state index contributed by atoms with van der Waals surface area (Å²) in [7, 11) is 2.10. The highest BCUT2D eigenvalue weighted by Crippen LogP contribution is 2.15. The second kappa shape index (κ2) is 7.29. The van der Waals surface area contributed by atoms with Crippen LogP contribution in [0.5, 0.6) is 0 Å². The molecule has 2 rings (SSSR count). The number of para-hydroxylation sites is 1. The number of nitrogens with zero attached hydrogens (tertiary/aromatic N) is 2. The topological polar surface area (TPSA) is 35.6 Å². The van der Waals surface area contributed by atoms with Gasteiger partial charge in [-0.05, 0) is 25.1 Å². The van der Waals surface area contributed by atoms with Crippen LogP contribution in [0.25, 0.3) is 0 Å². The summed E-state index contributed by atoms with van der Waals surface area (Å²) < 4.78 is 0. The van der Waals surface area contributed by atoms with E-state index in [4.69, 9.17) is 0 Å². The second-order valence-corrected chi connectivity index (χ2v) is 5.37. The van der Waals surface area contributed by atoms with Gasteiger partial charge in [0.1, 0.15) is 0 Å². The molecule has 0 aromatic heterocycles. The van der Waals surface area contributed by atoms with Gasteiger partial charge in [-0.15, -0.1) is 0 Å². The maximum atomic E-state index is 12.1.